The zero-order valence-corrected chi connectivity index (χ0v) is 22.6. The number of hydrogen-bond donors (Lipinski definition) is 1. The Hall–Kier alpha value is -3.76. The molecule has 2 fully saturated rings. The van der Waals surface area contributed by atoms with Crippen molar-refractivity contribution in [1.29, 1.82) is 0 Å². The van der Waals surface area contributed by atoms with E-state index in [1.165, 1.54) is 11.1 Å². The van der Waals surface area contributed by atoms with Gasteiger partial charge in [0.2, 0.25) is 0 Å². The third-order valence-corrected chi connectivity index (χ3v) is 7.97. The summed E-state index contributed by atoms with van der Waals surface area (Å²) in [5, 5.41) is 18.7. The highest BCUT2D eigenvalue weighted by Gasteiger charge is 2.43. The zero-order valence-electron chi connectivity index (χ0n) is 22.6. The molecule has 204 valence electrons. The first kappa shape index (κ1) is 26.5. The quantitative estimate of drug-likeness (QED) is 0.322. The maximum Gasteiger partial charge on any atom is 0.113 e. The van der Waals surface area contributed by atoms with Crippen LogP contribution in [0.3, 0.4) is 0 Å². The molecule has 5 atom stereocenters. The van der Waals surface area contributed by atoms with Gasteiger partial charge in [0, 0.05) is 24.0 Å². The SMILES string of the molecule is OC[C@@H]1CC[C@@H]2O[C@H](CCc3ccc(C#CCc4ccccc4)cc3)[C@H](n3cc(-c4ccccc4)nn3)C[C@@H]2O1. The van der Waals surface area contributed by atoms with Crippen molar-refractivity contribution in [3.8, 4) is 23.1 Å². The van der Waals surface area contributed by atoms with Gasteiger partial charge in [-0.25, -0.2) is 4.68 Å². The van der Waals surface area contributed by atoms with E-state index in [4.69, 9.17) is 9.47 Å². The highest BCUT2D eigenvalue weighted by atomic mass is 16.6. The van der Waals surface area contributed by atoms with Gasteiger partial charge in [-0.3, -0.25) is 0 Å². The van der Waals surface area contributed by atoms with Crippen molar-refractivity contribution >= 4 is 0 Å². The second-order valence-corrected chi connectivity index (χ2v) is 10.7. The molecule has 0 bridgehead atoms. The van der Waals surface area contributed by atoms with Gasteiger partial charge in [-0.05, 0) is 48.9 Å². The number of aryl methyl sites for hydroxylation is 1. The average molecular weight is 534 g/mol. The summed E-state index contributed by atoms with van der Waals surface area (Å²) in [5.74, 6) is 6.56. The van der Waals surface area contributed by atoms with Gasteiger partial charge in [-0.1, -0.05) is 89.9 Å². The lowest BCUT2D eigenvalue weighted by Gasteiger charge is -2.45. The number of aromatic nitrogens is 3. The Morgan fingerprint density at radius 2 is 1.62 bits per heavy atom. The molecule has 3 heterocycles. The predicted molar refractivity (Wildman–Crippen MR) is 155 cm³/mol. The second-order valence-electron chi connectivity index (χ2n) is 10.7. The van der Waals surface area contributed by atoms with Crippen LogP contribution >= 0.6 is 0 Å². The van der Waals surface area contributed by atoms with Gasteiger partial charge in [-0.15, -0.1) is 5.10 Å². The lowest BCUT2D eigenvalue weighted by Crippen LogP contribution is -2.51. The molecule has 4 aromatic rings. The molecule has 3 aromatic carbocycles. The van der Waals surface area contributed by atoms with Gasteiger partial charge in [0.1, 0.15) is 5.69 Å². The Morgan fingerprint density at radius 1 is 0.850 bits per heavy atom. The Kier molecular flexibility index (Phi) is 8.34. The summed E-state index contributed by atoms with van der Waals surface area (Å²) in [7, 11) is 0. The first-order chi connectivity index (χ1) is 19.7. The molecule has 0 radical (unpaired) electrons. The minimum atomic E-state index is -0.119. The molecule has 0 saturated carbocycles. The molecule has 0 aliphatic carbocycles. The molecule has 6 heteroatoms. The summed E-state index contributed by atoms with van der Waals surface area (Å²) in [6, 6.07) is 29.0. The third kappa shape index (κ3) is 6.34. The largest absolute Gasteiger partial charge is 0.394 e. The van der Waals surface area contributed by atoms with Crippen LogP contribution in [0.5, 0.6) is 0 Å². The summed E-state index contributed by atoms with van der Waals surface area (Å²) in [5.41, 5.74) is 5.42. The number of nitrogens with zero attached hydrogens (tertiary/aromatic N) is 3. The standard InChI is InChI=1S/C34H35N3O3/c38-24-29-19-21-33-34(39-29)22-31(37-23-30(35-36-37)28-12-5-2-6-13-28)32(40-33)20-18-27-16-14-26(15-17-27)11-7-10-25-8-3-1-4-9-25/h1-6,8-9,12-17,23,29,31-34,38H,10,18-22,24H2/t29-,31+,32+,33-,34-/m0/s1. The number of aliphatic hydroxyl groups is 1. The van der Waals surface area contributed by atoms with Crippen LogP contribution in [0.1, 0.15) is 48.4 Å². The van der Waals surface area contributed by atoms with Gasteiger partial charge >= 0.3 is 0 Å². The number of ether oxygens (including phenoxy) is 2. The van der Waals surface area contributed by atoms with Gasteiger partial charge in [0.05, 0.1) is 43.3 Å². The maximum absolute atomic E-state index is 9.67. The molecular weight excluding hydrogens is 498 g/mol. The first-order valence-corrected chi connectivity index (χ1v) is 14.3. The van der Waals surface area contributed by atoms with E-state index in [2.05, 4.69) is 58.6 Å². The van der Waals surface area contributed by atoms with E-state index >= 15 is 0 Å². The predicted octanol–water partition coefficient (Wildman–Crippen LogP) is 5.41. The van der Waals surface area contributed by atoms with Crippen LogP contribution in [-0.4, -0.2) is 51.1 Å². The van der Waals surface area contributed by atoms with Crippen molar-refractivity contribution in [1.82, 2.24) is 15.0 Å². The van der Waals surface area contributed by atoms with E-state index in [1.54, 1.807) is 0 Å². The lowest BCUT2D eigenvalue weighted by molar-refractivity contribution is -0.209. The first-order valence-electron chi connectivity index (χ1n) is 14.3. The highest BCUT2D eigenvalue weighted by Crippen LogP contribution is 2.38. The monoisotopic (exact) mass is 533 g/mol. The summed E-state index contributed by atoms with van der Waals surface area (Å²) in [6.45, 7) is 0.0470. The Morgan fingerprint density at radius 3 is 2.40 bits per heavy atom. The smallest absolute Gasteiger partial charge is 0.113 e. The van der Waals surface area contributed by atoms with E-state index in [1.807, 2.05) is 59.4 Å². The fourth-order valence-electron chi connectivity index (χ4n) is 5.77. The summed E-state index contributed by atoms with van der Waals surface area (Å²) >= 11 is 0. The topological polar surface area (TPSA) is 69.4 Å². The van der Waals surface area contributed by atoms with Gasteiger partial charge < -0.3 is 14.6 Å². The van der Waals surface area contributed by atoms with E-state index in [0.717, 1.165) is 55.3 Å². The van der Waals surface area contributed by atoms with Crippen molar-refractivity contribution in [3.63, 3.8) is 0 Å². The van der Waals surface area contributed by atoms with Gasteiger partial charge in [0.25, 0.3) is 0 Å². The second kappa shape index (κ2) is 12.6. The van der Waals surface area contributed by atoms with E-state index in [-0.39, 0.29) is 37.1 Å². The highest BCUT2D eigenvalue weighted by molar-refractivity contribution is 5.57. The van der Waals surface area contributed by atoms with Crippen LogP contribution in [0.4, 0.5) is 0 Å². The van der Waals surface area contributed by atoms with Crippen molar-refractivity contribution in [2.45, 2.75) is 69.0 Å². The van der Waals surface area contributed by atoms with Crippen molar-refractivity contribution in [2.24, 2.45) is 0 Å². The Bertz CT molecular complexity index is 1430. The van der Waals surface area contributed by atoms with E-state index in [9.17, 15) is 5.11 Å². The maximum atomic E-state index is 9.67. The number of benzene rings is 3. The van der Waals surface area contributed by atoms with Crippen LogP contribution in [-0.2, 0) is 22.3 Å². The van der Waals surface area contributed by atoms with E-state index in [0.29, 0.717) is 0 Å². The summed E-state index contributed by atoms with van der Waals surface area (Å²) < 4.78 is 14.9. The number of rotatable bonds is 7. The molecule has 1 N–H and O–H groups in total. The van der Waals surface area contributed by atoms with Crippen LogP contribution in [0, 0.1) is 11.8 Å². The molecule has 0 amide bonds. The van der Waals surface area contributed by atoms with Crippen LogP contribution in [0.2, 0.25) is 0 Å². The van der Waals surface area contributed by atoms with Crippen molar-refractivity contribution in [2.75, 3.05) is 6.61 Å². The molecule has 0 unspecified atom stereocenters. The zero-order chi connectivity index (χ0) is 27.1. The van der Waals surface area contributed by atoms with Crippen molar-refractivity contribution < 1.29 is 14.6 Å². The molecule has 6 nitrogen and oxygen atoms in total. The molecule has 40 heavy (non-hydrogen) atoms. The summed E-state index contributed by atoms with van der Waals surface area (Å²) in [6.07, 6.45) is 6.93. The number of fused-ring (bicyclic) bond motifs is 1. The molecule has 0 spiro atoms. The fourth-order valence-corrected chi connectivity index (χ4v) is 5.77. The van der Waals surface area contributed by atoms with Crippen LogP contribution in [0.25, 0.3) is 11.3 Å². The molecule has 2 saturated heterocycles. The van der Waals surface area contributed by atoms with Crippen LogP contribution in [0.15, 0.2) is 91.1 Å². The lowest BCUT2D eigenvalue weighted by atomic mass is 9.88. The average Bonchev–Trinajstić information content (AvgIpc) is 3.51. The summed E-state index contributed by atoms with van der Waals surface area (Å²) in [4.78, 5) is 0. The van der Waals surface area contributed by atoms with Crippen molar-refractivity contribution in [3.05, 3.63) is 108 Å². The van der Waals surface area contributed by atoms with Crippen LogP contribution < -0.4 is 0 Å². The number of hydrogen-bond acceptors (Lipinski definition) is 5. The molecule has 6 rings (SSSR count). The van der Waals surface area contributed by atoms with Gasteiger partial charge in [0.15, 0.2) is 0 Å². The fraction of sp³-hybridized carbons (Fsp3) is 0.353. The Labute approximate surface area is 236 Å². The minimum absolute atomic E-state index is 0.00628. The normalized spacial score (nSPS) is 24.1. The molecule has 2 aliphatic rings. The van der Waals surface area contributed by atoms with Gasteiger partial charge in [-0.2, -0.15) is 0 Å². The third-order valence-electron chi connectivity index (χ3n) is 7.97. The Balaban J connectivity index is 1.14. The molecule has 1 aromatic heterocycles. The van der Waals surface area contributed by atoms with E-state index < -0.39 is 0 Å². The molecular formula is C34H35N3O3. The number of aliphatic hydroxyl groups excluding tert-OH is 1. The molecule has 2 aliphatic heterocycles. The minimum Gasteiger partial charge on any atom is -0.394 e.